The highest BCUT2D eigenvalue weighted by molar-refractivity contribution is 5.79. The molecule has 0 heterocycles. The first kappa shape index (κ1) is 16.8. The molecule has 5 heteroatoms. The monoisotopic (exact) mass is 308 g/mol. The van der Waals surface area contributed by atoms with Crippen LogP contribution in [-0.2, 0) is 9.53 Å². The highest BCUT2D eigenvalue weighted by Gasteiger charge is 2.28. The second-order valence-corrected chi connectivity index (χ2v) is 7.36. The van der Waals surface area contributed by atoms with Crippen LogP contribution in [0.25, 0.3) is 0 Å². The molecule has 2 rings (SSSR count). The summed E-state index contributed by atoms with van der Waals surface area (Å²) in [7, 11) is 0. The van der Waals surface area contributed by atoms with Gasteiger partial charge in [-0.05, 0) is 59.3 Å². The fourth-order valence-corrected chi connectivity index (χ4v) is 3.08. The Kier molecular flexibility index (Phi) is 5.48. The van der Waals surface area contributed by atoms with Crippen LogP contribution in [0.15, 0.2) is 12.2 Å². The zero-order valence-electron chi connectivity index (χ0n) is 13.9. The molecule has 2 aliphatic carbocycles. The van der Waals surface area contributed by atoms with Gasteiger partial charge in [0.05, 0.1) is 0 Å². The van der Waals surface area contributed by atoms with Crippen LogP contribution in [0.2, 0.25) is 0 Å². The van der Waals surface area contributed by atoms with Gasteiger partial charge in [0.1, 0.15) is 5.60 Å². The maximum Gasteiger partial charge on any atom is 0.407 e. The number of carbonyl (C=O) groups excluding carboxylic acids is 2. The van der Waals surface area contributed by atoms with Gasteiger partial charge >= 0.3 is 6.09 Å². The molecule has 5 nitrogen and oxygen atoms in total. The molecule has 2 N–H and O–H groups in total. The van der Waals surface area contributed by atoms with Crippen molar-refractivity contribution in [2.45, 2.75) is 77.0 Å². The van der Waals surface area contributed by atoms with Crippen LogP contribution in [0.3, 0.4) is 0 Å². The van der Waals surface area contributed by atoms with Crippen molar-refractivity contribution in [1.82, 2.24) is 10.6 Å². The standard InChI is InChI=1S/C17H28N2O3/c1-17(2,3)22-16(21)19-14-10-6-9-13(11-14)18-15(20)12-7-4-5-8-12/h4-5,12-14H,6-11H2,1-3H3,(H,18,20)(H,19,21)/t13-,14+/m1/s1. The van der Waals surface area contributed by atoms with E-state index in [1.165, 1.54) is 0 Å². The number of alkyl carbamates (subject to hydrolysis) is 1. The minimum absolute atomic E-state index is 0.0793. The van der Waals surface area contributed by atoms with Crippen LogP contribution < -0.4 is 10.6 Å². The summed E-state index contributed by atoms with van der Waals surface area (Å²) >= 11 is 0. The van der Waals surface area contributed by atoms with E-state index in [2.05, 4.69) is 22.8 Å². The number of rotatable bonds is 3. The number of hydrogen-bond donors (Lipinski definition) is 2. The third kappa shape index (κ3) is 5.35. The largest absolute Gasteiger partial charge is 0.444 e. The van der Waals surface area contributed by atoms with Gasteiger partial charge in [0.25, 0.3) is 0 Å². The second-order valence-electron chi connectivity index (χ2n) is 7.36. The van der Waals surface area contributed by atoms with Gasteiger partial charge in [-0.15, -0.1) is 0 Å². The van der Waals surface area contributed by atoms with E-state index in [4.69, 9.17) is 4.74 Å². The molecule has 2 aliphatic rings. The van der Waals surface area contributed by atoms with Gasteiger partial charge in [0, 0.05) is 18.0 Å². The Morgan fingerprint density at radius 2 is 1.64 bits per heavy atom. The predicted octanol–water partition coefficient (Wildman–Crippen LogP) is 2.90. The zero-order chi connectivity index (χ0) is 16.2. The van der Waals surface area contributed by atoms with Crippen LogP contribution in [0.4, 0.5) is 4.79 Å². The first-order valence-electron chi connectivity index (χ1n) is 8.28. The van der Waals surface area contributed by atoms with Crippen LogP contribution in [-0.4, -0.2) is 29.7 Å². The smallest absolute Gasteiger partial charge is 0.407 e. The molecule has 2 amide bonds. The van der Waals surface area contributed by atoms with Crippen molar-refractivity contribution >= 4 is 12.0 Å². The van der Waals surface area contributed by atoms with Crippen molar-refractivity contribution < 1.29 is 14.3 Å². The number of carbonyl (C=O) groups is 2. The third-order valence-electron chi connectivity index (χ3n) is 4.12. The Morgan fingerprint density at radius 1 is 1.05 bits per heavy atom. The molecular weight excluding hydrogens is 280 g/mol. The summed E-state index contributed by atoms with van der Waals surface area (Å²) in [6, 6.07) is 0.234. The lowest BCUT2D eigenvalue weighted by atomic mass is 9.90. The van der Waals surface area contributed by atoms with Gasteiger partial charge in [-0.2, -0.15) is 0 Å². The molecule has 0 aromatic heterocycles. The first-order valence-corrected chi connectivity index (χ1v) is 8.28. The minimum Gasteiger partial charge on any atom is -0.444 e. The lowest BCUT2D eigenvalue weighted by Gasteiger charge is -2.31. The van der Waals surface area contributed by atoms with Gasteiger partial charge in [0.15, 0.2) is 0 Å². The first-order chi connectivity index (χ1) is 10.3. The fraction of sp³-hybridized carbons (Fsp3) is 0.765. The van der Waals surface area contributed by atoms with E-state index in [-0.39, 0.29) is 30.0 Å². The van der Waals surface area contributed by atoms with Gasteiger partial charge < -0.3 is 15.4 Å². The van der Waals surface area contributed by atoms with E-state index in [9.17, 15) is 9.59 Å². The molecule has 0 aromatic rings. The number of allylic oxidation sites excluding steroid dienone is 2. The van der Waals surface area contributed by atoms with Crippen molar-refractivity contribution in [3.8, 4) is 0 Å². The Bertz CT molecular complexity index is 432. The highest BCUT2D eigenvalue weighted by Crippen LogP contribution is 2.22. The second kappa shape index (κ2) is 7.16. The summed E-state index contributed by atoms with van der Waals surface area (Å²) < 4.78 is 5.29. The van der Waals surface area contributed by atoms with Crippen LogP contribution in [0.1, 0.15) is 59.3 Å². The summed E-state index contributed by atoms with van der Waals surface area (Å²) in [5, 5.41) is 6.06. The number of ether oxygens (including phenoxy) is 1. The summed E-state index contributed by atoms with van der Waals surface area (Å²) in [6.07, 6.45) is 9.17. The molecule has 22 heavy (non-hydrogen) atoms. The normalized spacial score (nSPS) is 25.8. The molecule has 124 valence electrons. The fourth-order valence-electron chi connectivity index (χ4n) is 3.08. The molecule has 1 fully saturated rings. The van der Waals surface area contributed by atoms with Gasteiger partial charge in [-0.3, -0.25) is 4.79 Å². The van der Waals surface area contributed by atoms with Crippen LogP contribution in [0.5, 0.6) is 0 Å². The van der Waals surface area contributed by atoms with E-state index < -0.39 is 5.60 Å². The van der Waals surface area contributed by atoms with Crippen molar-refractivity contribution in [3.63, 3.8) is 0 Å². The minimum atomic E-state index is -0.484. The van der Waals surface area contributed by atoms with E-state index in [1.807, 2.05) is 20.8 Å². The Morgan fingerprint density at radius 3 is 2.23 bits per heavy atom. The lowest BCUT2D eigenvalue weighted by Crippen LogP contribution is -2.47. The molecule has 0 bridgehead atoms. The predicted molar refractivity (Wildman–Crippen MR) is 85.4 cm³/mol. The number of hydrogen-bond acceptors (Lipinski definition) is 3. The summed E-state index contributed by atoms with van der Waals surface area (Å²) in [5.74, 6) is 0.243. The maximum absolute atomic E-state index is 12.2. The summed E-state index contributed by atoms with van der Waals surface area (Å²) in [4.78, 5) is 24.0. The van der Waals surface area contributed by atoms with Gasteiger partial charge in [-0.1, -0.05) is 12.2 Å². The zero-order valence-corrected chi connectivity index (χ0v) is 13.9. The van der Waals surface area contributed by atoms with E-state index in [1.54, 1.807) is 0 Å². The number of nitrogens with one attached hydrogen (secondary N) is 2. The van der Waals surface area contributed by atoms with Gasteiger partial charge in [0.2, 0.25) is 5.91 Å². The Hall–Kier alpha value is -1.52. The van der Waals surface area contributed by atoms with Crippen LogP contribution in [0, 0.1) is 5.92 Å². The topological polar surface area (TPSA) is 67.4 Å². The molecule has 0 unspecified atom stereocenters. The van der Waals surface area contributed by atoms with E-state index >= 15 is 0 Å². The highest BCUT2D eigenvalue weighted by atomic mass is 16.6. The molecular formula is C17H28N2O3. The quantitative estimate of drug-likeness (QED) is 0.788. The summed E-state index contributed by atoms with van der Waals surface area (Å²) in [5.41, 5.74) is -0.484. The third-order valence-corrected chi connectivity index (χ3v) is 4.12. The average molecular weight is 308 g/mol. The van der Waals surface area contributed by atoms with Crippen molar-refractivity contribution in [2.75, 3.05) is 0 Å². The van der Waals surface area contributed by atoms with Crippen molar-refractivity contribution in [3.05, 3.63) is 12.2 Å². The lowest BCUT2D eigenvalue weighted by molar-refractivity contribution is -0.125. The van der Waals surface area contributed by atoms with Gasteiger partial charge in [-0.25, -0.2) is 4.79 Å². The van der Waals surface area contributed by atoms with Crippen LogP contribution >= 0.6 is 0 Å². The molecule has 0 spiro atoms. The van der Waals surface area contributed by atoms with Crippen molar-refractivity contribution in [2.24, 2.45) is 5.92 Å². The molecule has 0 aromatic carbocycles. The Balaban J connectivity index is 1.76. The maximum atomic E-state index is 12.2. The molecule has 2 atom stereocenters. The van der Waals surface area contributed by atoms with E-state index in [0.29, 0.717) is 0 Å². The average Bonchev–Trinajstić information content (AvgIpc) is 2.90. The number of amides is 2. The van der Waals surface area contributed by atoms with E-state index in [0.717, 1.165) is 38.5 Å². The molecule has 0 aliphatic heterocycles. The SMILES string of the molecule is CC(C)(C)OC(=O)N[C@H]1CCC[C@@H](NC(=O)C2CC=CC2)C1. The molecule has 0 radical (unpaired) electrons. The molecule has 1 saturated carbocycles. The molecule has 0 saturated heterocycles. The van der Waals surface area contributed by atoms with Crippen molar-refractivity contribution in [1.29, 1.82) is 0 Å². The Labute approximate surface area is 132 Å². The summed E-state index contributed by atoms with van der Waals surface area (Å²) in [6.45, 7) is 5.56.